The maximum atomic E-state index is 13.5. The minimum atomic E-state index is -0.0128. The van der Waals surface area contributed by atoms with E-state index in [0.29, 0.717) is 16.7 Å². The molecule has 1 amide bonds. The zero-order valence-electron chi connectivity index (χ0n) is 16.5. The van der Waals surface area contributed by atoms with Gasteiger partial charge < -0.3 is 4.90 Å². The first-order valence-corrected chi connectivity index (χ1v) is 11.3. The molecule has 0 saturated carbocycles. The predicted molar refractivity (Wildman–Crippen MR) is 122 cm³/mol. The lowest BCUT2D eigenvalue weighted by Gasteiger charge is -2.23. The van der Waals surface area contributed by atoms with Gasteiger partial charge in [-0.15, -0.1) is 11.8 Å². The van der Waals surface area contributed by atoms with E-state index >= 15 is 0 Å². The highest BCUT2D eigenvalue weighted by Crippen LogP contribution is 2.34. The van der Waals surface area contributed by atoms with Crippen LogP contribution in [0.3, 0.4) is 0 Å². The number of likely N-dealkylation sites (N-methyl/N-ethyl adjacent to an activating group) is 1. The van der Waals surface area contributed by atoms with Crippen molar-refractivity contribution in [3.05, 3.63) is 52.5 Å². The highest BCUT2D eigenvalue weighted by Gasteiger charge is 2.24. The Morgan fingerprint density at radius 1 is 1.18 bits per heavy atom. The van der Waals surface area contributed by atoms with Gasteiger partial charge in [0.25, 0.3) is 5.91 Å². The number of anilines is 1. The van der Waals surface area contributed by atoms with Crippen LogP contribution < -0.4 is 4.90 Å². The summed E-state index contributed by atoms with van der Waals surface area (Å²) in [6.07, 6.45) is 0. The van der Waals surface area contributed by atoms with Gasteiger partial charge in [0.05, 0.1) is 15.8 Å². The van der Waals surface area contributed by atoms with Gasteiger partial charge in [-0.05, 0) is 56.6 Å². The average molecular weight is 434 g/mol. The van der Waals surface area contributed by atoms with Gasteiger partial charge in [-0.25, -0.2) is 4.98 Å². The van der Waals surface area contributed by atoms with Crippen molar-refractivity contribution >= 4 is 56.0 Å². The average Bonchev–Trinajstić information content (AvgIpc) is 3.10. The molecule has 0 N–H and O–H groups in total. The van der Waals surface area contributed by atoms with Crippen molar-refractivity contribution in [1.29, 1.82) is 0 Å². The highest BCUT2D eigenvalue weighted by atomic mass is 35.5. The minimum Gasteiger partial charge on any atom is -0.308 e. The maximum absolute atomic E-state index is 13.5. The van der Waals surface area contributed by atoms with E-state index in [9.17, 15) is 4.79 Å². The summed E-state index contributed by atoms with van der Waals surface area (Å²) in [7, 11) is 4.01. The summed E-state index contributed by atoms with van der Waals surface area (Å²) >= 11 is 9.48. The number of hydrogen-bond donors (Lipinski definition) is 0. The lowest BCUT2D eigenvalue weighted by molar-refractivity contribution is 0.0982. The Labute approximate surface area is 179 Å². The van der Waals surface area contributed by atoms with Gasteiger partial charge in [0, 0.05) is 23.0 Å². The maximum Gasteiger partial charge on any atom is 0.261 e. The molecular weight excluding hydrogens is 410 g/mol. The first-order chi connectivity index (χ1) is 13.4. The molecule has 1 aromatic heterocycles. The summed E-state index contributed by atoms with van der Waals surface area (Å²) in [5.41, 5.74) is 2.54. The van der Waals surface area contributed by atoms with Crippen LogP contribution >= 0.6 is 34.7 Å². The molecule has 0 aliphatic rings. The molecule has 0 aliphatic heterocycles. The molecule has 0 spiro atoms. The molecule has 2 aromatic carbocycles. The van der Waals surface area contributed by atoms with Gasteiger partial charge in [-0.3, -0.25) is 9.69 Å². The number of aromatic nitrogens is 1. The SMILES string of the molecule is CCSc1ccccc1C(=O)N(CCN(C)C)c1nc2c(C)c(Cl)ccc2s1. The lowest BCUT2D eigenvalue weighted by atomic mass is 10.2. The van der Waals surface area contributed by atoms with E-state index in [1.54, 1.807) is 16.7 Å². The third kappa shape index (κ3) is 4.51. The number of thioether (sulfide) groups is 1. The van der Waals surface area contributed by atoms with E-state index in [-0.39, 0.29) is 5.91 Å². The number of rotatable bonds is 7. The molecule has 3 aromatic rings. The number of thiazole rings is 1. The second-order valence-corrected chi connectivity index (χ2v) is 9.43. The van der Waals surface area contributed by atoms with Crippen LogP contribution in [0.25, 0.3) is 10.2 Å². The number of hydrogen-bond acceptors (Lipinski definition) is 5. The fourth-order valence-electron chi connectivity index (χ4n) is 2.86. The van der Waals surface area contributed by atoms with Crippen molar-refractivity contribution < 1.29 is 4.79 Å². The Morgan fingerprint density at radius 2 is 1.93 bits per heavy atom. The van der Waals surface area contributed by atoms with Crippen LogP contribution in [0.1, 0.15) is 22.8 Å². The molecule has 4 nitrogen and oxygen atoms in total. The number of carbonyl (C=O) groups is 1. The van der Waals surface area contributed by atoms with Gasteiger partial charge >= 0.3 is 0 Å². The van der Waals surface area contributed by atoms with E-state index in [1.165, 1.54) is 11.3 Å². The zero-order valence-corrected chi connectivity index (χ0v) is 18.9. The normalized spacial score (nSPS) is 11.4. The Kier molecular flexibility index (Phi) is 6.99. The van der Waals surface area contributed by atoms with Crippen LogP contribution in [0.5, 0.6) is 0 Å². The minimum absolute atomic E-state index is 0.0128. The smallest absolute Gasteiger partial charge is 0.261 e. The summed E-state index contributed by atoms with van der Waals surface area (Å²) in [6.45, 7) is 5.39. The zero-order chi connectivity index (χ0) is 20.3. The Bertz CT molecular complexity index is 987. The molecule has 1 heterocycles. The Morgan fingerprint density at radius 3 is 2.64 bits per heavy atom. The second-order valence-electron chi connectivity index (χ2n) is 6.70. The van der Waals surface area contributed by atoms with Crippen LogP contribution in [0, 0.1) is 6.92 Å². The third-order valence-corrected chi connectivity index (χ3v) is 6.81. The number of nitrogens with zero attached hydrogens (tertiary/aromatic N) is 3. The van der Waals surface area contributed by atoms with Gasteiger partial charge in [0.1, 0.15) is 0 Å². The van der Waals surface area contributed by atoms with E-state index < -0.39 is 0 Å². The fraction of sp³-hybridized carbons (Fsp3) is 0.333. The predicted octanol–water partition coefficient (Wildman–Crippen LogP) is 5.58. The molecule has 0 bridgehead atoms. The van der Waals surface area contributed by atoms with Crippen molar-refractivity contribution in [2.45, 2.75) is 18.7 Å². The van der Waals surface area contributed by atoms with Crippen LogP contribution in [-0.4, -0.2) is 48.7 Å². The number of amides is 1. The number of carbonyl (C=O) groups excluding carboxylic acids is 1. The quantitative estimate of drug-likeness (QED) is 0.456. The van der Waals surface area contributed by atoms with Crippen LogP contribution in [-0.2, 0) is 0 Å². The monoisotopic (exact) mass is 433 g/mol. The summed E-state index contributed by atoms with van der Waals surface area (Å²) in [5, 5.41) is 1.41. The first-order valence-electron chi connectivity index (χ1n) is 9.16. The van der Waals surface area contributed by atoms with Crippen LogP contribution in [0.4, 0.5) is 5.13 Å². The van der Waals surface area contributed by atoms with Crippen molar-refractivity contribution in [1.82, 2.24) is 9.88 Å². The summed E-state index contributed by atoms with van der Waals surface area (Å²) in [4.78, 5) is 23.2. The van der Waals surface area contributed by atoms with E-state index in [4.69, 9.17) is 16.6 Å². The van der Waals surface area contributed by atoms with Gasteiger partial charge in [-0.2, -0.15) is 0 Å². The molecule has 0 fully saturated rings. The molecule has 148 valence electrons. The standard InChI is InChI=1S/C21H24ClN3OS2/c1-5-27-17-9-7-6-8-15(17)20(26)25(13-12-24(3)4)21-23-19-14(2)16(22)10-11-18(19)28-21/h6-11H,5,12-13H2,1-4H3. The van der Waals surface area contributed by atoms with Crippen molar-refractivity contribution in [3.63, 3.8) is 0 Å². The number of aryl methyl sites for hydroxylation is 1. The largest absolute Gasteiger partial charge is 0.308 e. The highest BCUT2D eigenvalue weighted by molar-refractivity contribution is 7.99. The molecule has 28 heavy (non-hydrogen) atoms. The fourth-order valence-corrected chi connectivity index (χ4v) is 4.86. The van der Waals surface area contributed by atoms with Crippen molar-refractivity contribution in [3.8, 4) is 0 Å². The molecule has 0 aliphatic carbocycles. The van der Waals surface area contributed by atoms with E-state index in [1.807, 2.05) is 57.4 Å². The third-order valence-electron chi connectivity index (χ3n) is 4.40. The molecular formula is C21H24ClN3OS2. The summed E-state index contributed by atoms with van der Waals surface area (Å²) < 4.78 is 1.04. The number of fused-ring (bicyclic) bond motifs is 1. The molecule has 0 atom stereocenters. The lowest BCUT2D eigenvalue weighted by Crippen LogP contribution is -2.37. The second kappa shape index (κ2) is 9.27. The van der Waals surface area contributed by atoms with E-state index in [2.05, 4.69) is 11.8 Å². The Hall–Kier alpha value is -1.60. The Balaban J connectivity index is 2.04. The van der Waals surface area contributed by atoms with Gasteiger partial charge in [0.15, 0.2) is 5.13 Å². The van der Waals surface area contributed by atoms with E-state index in [0.717, 1.165) is 38.5 Å². The number of halogens is 1. The van der Waals surface area contributed by atoms with Crippen LogP contribution in [0.15, 0.2) is 41.3 Å². The summed E-state index contributed by atoms with van der Waals surface area (Å²) in [6, 6.07) is 11.7. The van der Waals surface area contributed by atoms with Crippen molar-refractivity contribution in [2.75, 3.05) is 37.8 Å². The number of benzene rings is 2. The molecule has 0 radical (unpaired) electrons. The van der Waals surface area contributed by atoms with Crippen molar-refractivity contribution in [2.24, 2.45) is 0 Å². The first kappa shape index (κ1) is 21.1. The van der Waals surface area contributed by atoms with Gasteiger partial charge in [0.2, 0.25) is 0 Å². The van der Waals surface area contributed by atoms with Gasteiger partial charge in [-0.1, -0.05) is 42.0 Å². The molecule has 3 rings (SSSR count). The molecule has 7 heteroatoms. The molecule has 0 unspecified atom stereocenters. The van der Waals surface area contributed by atoms with Crippen LogP contribution in [0.2, 0.25) is 5.02 Å². The summed E-state index contributed by atoms with van der Waals surface area (Å²) in [5.74, 6) is 0.905. The molecule has 0 saturated heterocycles. The topological polar surface area (TPSA) is 36.4 Å².